The van der Waals surface area contributed by atoms with Gasteiger partial charge < -0.3 is 10.1 Å². The van der Waals surface area contributed by atoms with Crippen molar-refractivity contribution in [1.82, 2.24) is 20.2 Å². The number of benzene rings is 2. The number of hydrogen-bond donors (Lipinski definition) is 1. The number of tetrazole rings is 1. The Morgan fingerprint density at radius 1 is 1.29 bits per heavy atom. The number of ether oxygens (including phenoxy) is 1. The minimum absolute atomic E-state index is 0.0780. The number of nitrogens with one attached hydrogen (secondary N) is 1. The highest BCUT2D eigenvalue weighted by Gasteiger charge is 2.16. The van der Waals surface area contributed by atoms with Gasteiger partial charge in [-0.25, -0.2) is 4.39 Å². The van der Waals surface area contributed by atoms with Crippen LogP contribution in [-0.4, -0.2) is 33.2 Å². The van der Waals surface area contributed by atoms with Crippen molar-refractivity contribution >= 4 is 23.2 Å². The zero-order valence-corrected chi connectivity index (χ0v) is 13.2. The molecule has 122 valence electrons. The molecule has 0 radical (unpaired) electrons. The van der Waals surface area contributed by atoms with E-state index in [-0.39, 0.29) is 5.56 Å². The maximum absolute atomic E-state index is 13.6. The van der Waals surface area contributed by atoms with Gasteiger partial charge in [0.05, 0.1) is 23.4 Å². The van der Waals surface area contributed by atoms with E-state index in [4.69, 9.17) is 16.3 Å². The van der Waals surface area contributed by atoms with E-state index in [0.29, 0.717) is 22.1 Å². The van der Waals surface area contributed by atoms with E-state index < -0.39 is 11.7 Å². The van der Waals surface area contributed by atoms with Crippen molar-refractivity contribution in [1.29, 1.82) is 0 Å². The summed E-state index contributed by atoms with van der Waals surface area (Å²) in [5.41, 5.74) is 0.866. The van der Waals surface area contributed by atoms with Gasteiger partial charge in [0.2, 0.25) is 0 Å². The van der Waals surface area contributed by atoms with Gasteiger partial charge >= 0.3 is 0 Å². The molecule has 0 fully saturated rings. The van der Waals surface area contributed by atoms with Crippen molar-refractivity contribution in [3.05, 3.63) is 59.1 Å². The maximum Gasteiger partial charge on any atom is 0.257 e. The lowest BCUT2D eigenvalue weighted by atomic mass is 10.1. The third-order valence-electron chi connectivity index (χ3n) is 3.21. The summed E-state index contributed by atoms with van der Waals surface area (Å²) in [6.45, 7) is 0. The number of aromatic nitrogens is 4. The van der Waals surface area contributed by atoms with Gasteiger partial charge in [0.25, 0.3) is 5.91 Å². The first-order chi connectivity index (χ1) is 11.6. The van der Waals surface area contributed by atoms with Crippen LogP contribution in [0.2, 0.25) is 5.02 Å². The molecule has 0 saturated carbocycles. The Hall–Kier alpha value is -3.00. The Morgan fingerprint density at radius 2 is 2.12 bits per heavy atom. The number of halogens is 2. The first-order valence-corrected chi connectivity index (χ1v) is 7.14. The van der Waals surface area contributed by atoms with Gasteiger partial charge in [-0.05, 0) is 46.8 Å². The predicted molar refractivity (Wildman–Crippen MR) is 85.1 cm³/mol. The molecule has 0 saturated heterocycles. The molecule has 0 bridgehead atoms. The Kier molecular flexibility index (Phi) is 4.39. The number of nitrogens with zero attached hydrogens (tertiary/aromatic N) is 4. The van der Waals surface area contributed by atoms with Crippen LogP contribution in [0, 0.1) is 5.82 Å². The second-order valence-corrected chi connectivity index (χ2v) is 5.13. The third kappa shape index (κ3) is 3.18. The molecule has 0 aliphatic rings. The Morgan fingerprint density at radius 3 is 2.79 bits per heavy atom. The first-order valence-electron chi connectivity index (χ1n) is 6.76. The van der Waals surface area contributed by atoms with Crippen molar-refractivity contribution in [2.75, 3.05) is 12.4 Å². The normalized spacial score (nSPS) is 10.5. The first kappa shape index (κ1) is 15.9. The van der Waals surface area contributed by atoms with Gasteiger partial charge in [-0.15, -0.1) is 5.10 Å². The Bertz CT molecular complexity index is 886. The molecule has 1 heterocycles. The summed E-state index contributed by atoms with van der Waals surface area (Å²) in [6.07, 6.45) is 1.31. The van der Waals surface area contributed by atoms with Crippen molar-refractivity contribution in [2.24, 2.45) is 0 Å². The smallest absolute Gasteiger partial charge is 0.257 e. The van der Waals surface area contributed by atoms with Crippen LogP contribution in [0.4, 0.5) is 10.1 Å². The quantitative estimate of drug-likeness (QED) is 0.784. The minimum atomic E-state index is -0.551. The van der Waals surface area contributed by atoms with Crippen LogP contribution in [0.3, 0.4) is 0 Å². The van der Waals surface area contributed by atoms with Crippen LogP contribution >= 0.6 is 11.6 Å². The highest BCUT2D eigenvalue weighted by Crippen LogP contribution is 2.27. The number of methoxy groups -OCH3 is 1. The average Bonchev–Trinajstić information content (AvgIpc) is 3.09. The molecule has 3 aromatic rings. The molecule has 2 aromatic carbocycles. The van der Waals surface area contributed by atoms with E-state index in [9.17, 15) is 9.18 Å². The SMILES string of the molecule is COc1ccc(NC(=O)c2cc(F)ccc2-n2cnnn2)cc1Cl. The molecule has 7 nitrogen and oxygen atoms in total. The second-order valence-electron chi connectivity index (χ2n) is 4.72. The molecule has 1 N–H and O–H groups in total. The van der Waals surface area contributed by atoms with E-state index in [0.717, 1.165) is 6.07 Å². The third-order valence-corrected chi connectivity index (χ3v) is 3.50. The lowest BCUT2D eigenvalue weighted by molar-refractivity contribution is 0.102. The van der Waals surface area contributed by atoms with E-state index in [1.54, 1.807) is 12.1 Å². The monoisotopic (exact) mass is 347 g/mol. The standard InChI is InChI=1S/C15H11ClFN5O2/c1-24-14-5-3-10(7-12(14)16)19-15(23)11-6-9(17)2-4-13(11)22-8-18-20-21-22/h2-8H,1H3,(H,19,23). The molecule has 0 unspecified atom stereocenters. The van der Waals surface area contributed by atoms with E-state index in [1.165, 1.54) is 36.3 Å². The van der Waals surface area contributed by atoms with Gasteiger partial charge in [0.1, 0.15) is 17.9 Å². The van der Waals surface area contributed by atoms with Crippen LogP contribution in [0.5, 0.6) is 5.75 Å². The van der Waals surface area contributed by atoms with Gasteiger partial charge in [0.15, 0.2) is 0 Å². The van der Waals surface area contributed by atoms with Crippen LogP contribution in [0.1, 0.15) is 10.4 Å². The van der Waals surface area contributed by atoms with Crippen molar-refractivity contribution in [2.45, 2.75) is 0 Å². The summed E-state index contributed by atoms with van der Waals surface area (Å²) >= 11 is 6.03. The van der Waals surface area contributed by atoms with Gasteiger partial charge in [-0.3, -0.25) is 4.79 Å². The number of carbonyl (C=O) groups is 1. The highest BCUT2D eigenvalue weighted by atomic mass is 35.5. The summed E-state index contributed by atoms with van der Waals surface area (Å²) in [7, 11) is 1.49. The van der Waals surface area contributed by atoms with E-state index in [2.05, 4.69) is 20.8 Å². The molecule has 0 atom stereocenters. The largest absolute Gasteiger partial charge is 0.495 e. The molecule has 3 rings (SSSR count). The zero-order valence-electron chi connectivity index (χ0n) is 12.4. The fourth-order valence-electron chi connectivity index (χ4n) is 2.10. The molecule has 1 amide bonds. The molecule has 0 aliphatic carbocycles. The number of rotatable bonds is 4. The zero-order chi connectivity index (χ0) is 17.1. The second kappa shape index (κ2) is 6.63. The maximum atomic E-state index is 13.6. The van der Waals surface area contributed by atoms with Crippen molar-refractivity contribution < 1.29 is 13.9 Å². The van der Waals surface area contributed by atoms with E-state index in [1.807, 2.05) is 0 Å². The highest BCUT2D eigenvalue weighted by molar-refractivity contribution is 6.32. The molecule has 24 heavy (non-hydrogen) atoms. The number of anilines is 1. The van der Waals surface area contributed by atoms with Gasteiger partial charge in [-0.2, -0.15) is 4.68 Å². The lowest BCUT2D eigenvalue weighted by Gasteiger charge is -2.11. The Labute approximate surface area is 141 Å². The lowest BCUT2D eigenvalue weighted by Crippen LogP contribution is -2.16. The molecular formula is C15H11ClFN5O2. The minimum Gasteiger partial charge on any atom is -0.495 e. The van der Waals surface area contributed by atoms with Gasteiger partial charge in [0, 0.05) is 5.69 Å². The van der Waals surface area contributed by atoms with Crippen LogP contribution < -0.4 is 10.1 Å². The van der Waals surface area contributed by atoms with Gasteiger partial charge in [-0.1, -0.05) is 11.6 Å². The fourth-order valence-corrected chi connectivity index (χ4v) is 2.36. The average molecular weight is 348 g/mol. The van der Waals surface area contributed by atoms with Crippen molar-refractivity contribution in [3.8, 4) is 11.4 Å². The van der Waals surface area contributed by atoms with Crippen LogP contribution in [-0.2, 0) is 0 Å². The fraction of sp³-hybridized carbons (Fsp3) is 0.0667. The number of hydrogen-bond acceptors (Lipinski definition) is 5. The molecule has 0 spiro atoms. The Balaban J connectivity index is 1.93. The summed E-state index contributed by atoms with van der Waals surface area (Å²) in [5, 5.41) is 13.7. The summed E-state index contributed by atoms with van der Waals surface area (Å²) in [5.74, 6) is -0.597. The predicted octanol–water partition coefficient (Wildman–Crippen LogP) is 2.72. The molecular weight excluding hydrogens is 337 g/mol. The summed E-state index contributed by atoms with van der Waals surface area (Å²) < 4.78 is 19.9. The number of amides is 1. The van der Waals surface area contributed by atoms with Crippen LogP contribution in [0.25, 0.3) is 5.69 Å². The van der Waals surface area contributed by atoms with Crippen molar-refractivity contribution in [3.63, 3.8) is 0 Å². The van der Waals surface area contributed by atoms with Crippen LogP contribution in [0.15, 0.2) is 42.7 Å². The summed E-state index contributed by atoms with van der Waals surface area (Å²) in [4.78, 5) is 12.5. The molecule has 1 aromatic heterocycles. The topological polar surface area (TPSA) is 81.9 Å². The molecule has 9 heteroatoms. The van der Waals surface area contributed by atoms with E-state index >= 15 is 0 Å². The molecule has 0 aliphatic heterocycles. The summed E-state index contributed by atoms with van der Waals surface area (Å²) in [6, 6.07) is 8.52. The number of carbonyl (C=O) groups excluding carboxylic acids is 1.